The first-order valence-corrected chi connectivity index (χ1v) is 12.6. The fourth-order valence-electron chi connectivity index (χ4n) is 3.33. The van der Waals surface area contributed by atoms with Crippen molar-refractivity contribution in [1.29, 1.82) is 0 Å². The second kappa shape index (κ2) is 7.27. The first-order chi connectivity index (χ1) is 10.2. The van der Waals surface area contributed by atoms with Crippen LogP contribution in [-0.4, -0.2) is 73.5 Å². The van der Waals surface area contributed by atoms with Gasteiger partial charge in [0.05, 0.1) is 0 Å². The number of hydrogen-bond donors (Lipinski definition) is 0. The Balaban J connectivity index is 2.00. The van der Waals surface area contributed by atoms with Crippen LogP contribution in [0.5, 0.6) is 5.75 Å². The molecule has 0 saturated heterocycles. The van der Waals surface area contributed by atoms with Crippen LogP contribution in [0.1, 0.15) is 41.3 Å². The Kier molecular flexibility index (Phi) is 5.61. The molecule has 1 fully saturated rings. The van der Waals surface area contributed by atoms with E-state index in [1.165, 1.54) is 73.4 Å². The zero-order valence-corrected chi connectivity index (χ0v) is 20.2. The summed E-state index contributed by atoms with van der Waals surface area (Å²) in [5.74, 6) is 2.99. The van der Waals surface area contributed by atoms with Crippen LogP contribution >= 0.6 is 0 Å². The summed E-state index contributed by atoms with van der Waals surface area (Å²) in [6.07, 6.45) is 6.79. The van der Waals surface area contributed by atoms with Gasteiger partial charge in [-0.1, -0.05) is 0 Å². The number of rotatable bonds is 3. The normalized spacial score (nSPS) is 22.7. The summed E-state index contributed by atoms with van der Waals surface area (Å²) in [5, 5.41) is 0. The van der Waals surface area contributed by atoms with Crippen LogP contribution in [0, 0.1) is 5.92 Å². The van der Waals surface area contributed by atoms with Crippen molar-refractivity contribution >= 4 is 63.1 Å². The van der Waals surface area contributed by atoms with E-state index < -0.39 is 0 Å². The summed E-state index contributed by atoms with van der Waals surface area (Å²) in [7, 11) is 1.73. The first-order valence-electron chi connectivity index (χ1n) is 7.63. The van der Waals surface area contributed by atoms with E-state index in [-0.39, 0.29) is 0 Å². The van der Waals surface area contributed by atoms with Gasteiger partial charge in [-0.3, -0.25) is 0 Å². The molecular formula is C16H20N2OPb2. The fraction of sp³-hybridized carbons (Fsp3) is 0.562. The SMILES string of the molecule is COc1ccc2c(c1)N=C(C1CCCCC1)N([CH2][Pb])[CH]2[Pb]. The molecule has 1 aromatic rings. The van der Waals surface area contributed by atoms with Crippen molar-refractivity contribution in [3.63, 3.8) is 0 Å². The predicted octanol–water partition coefficient (Wildman–Crippen LogP) is 2.91. The van der Waals surface area contributed by atoms with Gasteiger partial charge in [0, 0.05) is 0 Å². The van der Waals surface area contributed by atoms with E-state index in [1.807, 2.05) is 0 Å². The van der Waals surface area contributed by atoms with Crippen LogP contribution in [0.15, 0.2) is 23.2 Å². The summed E-state index contributed by atoms with van der Waals surface area (Å²) in [6, 6.07) is 6.42. The molecule has 1 atom stereocenters. The van der Waals surface area contributed by atoms with Gasteiger partial charge in [0.2, 0.25) is 0 Å². The average molecular weight is 671 g/mol. The van der Waals surface area contributed by atoms with Gasteiger partial charge in [-0.2, -0.15) is 0 Å². The molecule has 1 saturated carbocycles. The number of ether oxygens (including phenoxy) is 1. The summed E-state index contributed by atoms with van der Waals surface area (Å²) < 4.78 is 7.17. The van der Waals surface area contributed by atoms with E-state index in [1.54, 1.807) is 7.11 Å². The number of methoxy groups -OCH3 is 1. The van der Waals surface area contributed by atoms with Crippen LogP contribution in [0.25, 0.3) is 0 Å². The molecule has 0 aromatic heterocycles. The molecule has 0 bridgehead atoms. The zero-order chi connectivity index (χ0) is 14.8. The van der Waals surface area contributed by atoms with Crippen molar-refractivity contribution in [2.45, 2.75) is 35.7 Å². The van der Waals surface area contributed by atoms with Crippen molar-refractivity contribution in [2.24, 2.45) is 10.9 Å². The summed E-state index contributed by atoms with van der Waals surface area (Å²) in [5.41, 5.74) is 2.55. The van der Waals surface area contributed by atoms with Gasteiger partial charge >= 0.3 is 160 Å². The predicted molar refractivity (Wildman–Crippen MR) is 87.6 cm³/mol. The van der Waals surface area contributed by atoms with E-state index >= 15 is 0 Å². The van der Waals surface area contributed by atoms with Crippen molar-refractivity contribution in [1.82, 2.24) is 4.90 Å². The molecule has 108 valence electrons. The summed E-state index contributed by atoms with van der Waals surface area (Å²) >= 11 is 2.36. The third-order valence-corrected chi connectivity index (χ3v) is 8.26. The molecule has 3 nitrogen and oxygen atoms in total. The Morgan fingerprint density at radius 2 is 2.05 bits per heavy atom. The summed E-state index contributed by atoms with van der Waals surface area (Å²) in [6.45, 7) is 0. The Bertz CT molecular complexity index is 541. The van der Waals surface area contributed by atoms with E-state index in [0.29, 0.717) is 9.52 Å². The number of nitrogens with zero attached hydrogens (tertiary/aromatic N) is 2. The van der Waals surface area contributed by atoms with Crippen molar-refractivity contribution in [2.75, 3.05) is 11.2 Å². The maximum atomic E-state index is 5.38. The third kappa shape index (κ3) is 3.33. The van der Waals surface area contributed by atoms with E-state index in [0.717, 1.165) is 37.2 Å². The van der Waals surface area contributed by atoms with Gasteiger partial charge in [0.15, 0.2) is 0 Å². The summed E-state index contributed by atoms with van der Waals surface area (Å²) in [4.78, 5) is 7.70. The van der Waals surface area contributed by atoms with E-state index in [2.05, 4.69) is 23.1 Å². The van der Waals surface area contributed by atoms with Crippen LogP contribution in [0.3, 0.4) is 0 Å². The number of amidine groups is 1. The zero-order valence-electron chi connectivity index (χ0n) is 12.4. The second-order valence-corrected chi connectivity index (χ2v) is 9.12. The van der Waals surface area contributed by atoms with Crippen LogP contribution in [0.2, 0.25) is 0 Å². The van der Waals surface area contributed by atoms with Crippen molar-refractivity contribution in [3.05, 3.63) is 23.8 Å². The van der Waals surface area contributed by atoms with Gasteiger partial charge in [-0.15, -0.1) is 0 Å². The number of aliphatic imine (C=N–C) groups is 1. The van der Waals surface area contributed by atoms with Crippen molar-refractivity contribution < 1.29 is 4.74 Å². The maximum absolute atomic E-state index is 5.38. The van der Waals surface area contributed by atoms with Gasteiger partial charge in [-0.05, 0) is 0 Å². The molecule has 2 aliphatic rings. The molecule has 0 amide bonds. The molecule has 1 unspecified atom stereocenters. The van der Waals surface area contributed by atoms with Crippen molar-refractivity contribution in [3.8, 4) is 5.75 Å². The average Bonchev–Trinajstić information content (AvgIpc) is 2.55. The molecule has 0 N–H and O–H groups in total. The molecule has 1 aliphatic carbocycles. The molecule has 5 heteroatoms. The topological polar surface area (TPSA) is 24.8 Å². The third-order valence-electron chi connectivity index (χ3n) is 4.51. The molecule has 6 radical (unpaired) electrons. The Morgan fingerprint density at radius 1 is 1.29 bits per heavy atom. The molecule has 3 rings (SSSR count). The number of benzene rings is 1. The number of hydrogen-bond acceptors (Lipinski definition) is 3. The Morgan fingerprint density at radius 3 is 2.71 bits per heavy atom. The van der Waals surface area contributed by atoms with Gasteiger partial charge in [0.25, 0.3) is 0 Å². The van der Waals surface area contributed by atoms with Crippen LogP contribution < -0.4 is 4.74 Å². The van der Waals surface area contributed by atoms with Crippen LogP contribution in [-0.2, 0) is 0 Å². The Hall–Kier alpha value is 0.334. The standard InChI is InChI=1S/C16H20N2O.2Pb/c1-18-11-13-8-9-14(19-2)10-15(13)17-16(18)12-6-4-3-5-7-12;;/h8-12H,1,3-7H2,2H3;;. The van der Waals surface area contributed by atoms with Crippen LogP contribution in [0.4, 0.5) is 5.69 Å². The monoisotopic (exact) mass is 672 g/mol. The quantitative estimate of drug-likeness (QED) is 0.463. The molecule has 0 spiro atoms. The van der Waals surface area contributed by atoms with Gasteiger partial charge in [-0.25, -0.2) is 0 Å². The molecule has 1 heterocycles. The first kappa shape index (κ1) is 16.2. The Labute approximate surface area is 158 Å². The van der Waals surface area contributed by atoms with Gasteiger partial charge in [0.1, 0.15) is 0 Å². The van der Waals surface area contributed by atoms with E-state index in [4.69, 9.17) is 9.73 Å². The molecule has 1 aliphatic heterocycles. The molecule has 1 aromatic carbocycles. The number of fused-ring (bicyclic) bond motifs is 1. The molecular weight excluding hydrogens is 651 g/mol. The second-order valence-electron chi connectivity index (χ2n) is 5.76. The fourth-order valence-corrected chi connectivity index (χ4v) is 9.24. The van der Waals surface area contributed by atoms with Gasteiger partial charge < -0.3 is 0 Å². The molecule has 21 heavy (non-hydrogen) atoms. The minimum absolute atomic E-state index is 0.581. The van der Waals surface area contributed by atoms with E-state index in [9.17, 15) is 0 Å². The minimum atomic E-state index is 0.581.